The molecule has 2 unspecified atom stereocenters. The Labute approximate surface area is 206 Å². The van der Waals surface area contributed by atoms with Crippen molar-refractivity contribution < 1.29 is 19.0 Å². The summed E-state index contributed by atoms with van der Waals surface area (Å²) in [5.74, 6) is 0.935. The summed E-state index contributed by atoms with van der Waals surface area (Å²) in [6, 6.07) is 15.6. The number of rotatable bonds is 9. The fraction of sp³-hybridized carbons (Fsp3) is 0.400. The van der Waals surface area contributed by atoms with E-state index in [0.29, 0.717) is 36.2 Å². The highest BCUT2D eigenvalue weighted by atomic mass is 32.1. The predicted molar refractivity (Wildman–Crippen MR) is 137 cm³/mol. The molecule has 0 aliphatic carbocycles. The molecule has 182 valence electrons. The zero-order chi connectivity index (χ0) is 24.3. The molecule has 0 radical (unpaired) electrons. The first-order valence-corrected chi connectivity index (χ1v) is 11.7. The van der Waals surface area contributed by atoms with E-state index in [-0.39, 0.29) is 24.7 Å². The van der Waals surface area contributed by atoms with Gasteiger partial charge in [-0.25, -0.2) is 0 Å². The number of nitrogens with zero attached hydrogens (tertiary/aromatic N) is 2. The van der Waals surface area contributed by atoms with Gasteiger partial charge in [-0.1, -0.05) is 30.3 Å². The van der Waals surface area contributed by atoms with Crippen molar-refractivity contribution in [1.29, 1.82) is 0 Å². The van der Waals surface area contributed by atoms with Gasteiger partial charge in [-0.2, -0.15) is 5.10 Å². The zero-order valence-electron chi connectivity index (χ0n) is 19.8. The zero-order valence-corrected chi connectivity index (χ0v) is 20.6. The second-order valence-electron chi connectivity index (χ2n) is 8.12. The topological polar surface area (TPSA) is 84.4 Å². The molecule has 3 rings (SSSR count). The lowest BCUT2D eigenvalue weighted by Gasteiger charge is -2.35. The van der Waals surface area contributed by atoms with Gasteiger partial charge in [0.25, 0.3) is 5.91 Å². The number of hydrogen-bond donors (Lipinski definition) is 2. The van der Waals surface area contributed by atoms with Crippen molar-refractivity contribution in [1.82, 2.24) is 15.6 Å². The first-order chi connectivity index (χ1) is 16.4. The second-order valence-corrected chi connectivity index (χ2v) is 8.52. The number of benzene rings is 2. The lowest BCUT2D eigenvalue weighted by Crippen LogP contribution is -2.49. The van der Waals surface area contributed by atoms with E-state index in [1.165, 1.54) is 5.56 Å². The molecule has 9 heteroatoms. The van der Waals surface area contributed by atoms with Crippen LogP contribution in [0.15, 0.2) is 53.6 Å². The third-order valence-corrected chi connectivity index (χ3v) is 5.47. The number of methoxy groups -OCH3 is 1. The molecule has 2 aromatic carbocycles. The molecule has 1 aliphatic heterocycles. The Balaban J connectivity index is 1.45. The van der Waals surface area contributed by atoms with Gasteiger partial charge < -0.3 is 24.4 Å². The number of amides is 1. The molecule has 1 fully saturated rings. The number of thiocarbonyl (C=S) groups is 1. The Hall–Kier alpha value is -3.17. The standard InChI is InChI=1S/C25H32N4O4S/c1-18-15-29(16-19(2)33-18)24(30)17-32-22-10-9-21(13-23(22)31-3)14-27-28-25(34)26-12-11-20-7-5-4-6-8-20/h4-10,13-14,18-19H,11-12,15-17H2,1-3H3,(H2,26,28,34)/b27-14+. The Morgan fingerprint density at radius 1 is 1.18 bits per heavy atom. The van der Waals surface area contributed by atoms with Crippen molar-refractivity contribution in [3.63, 3.8) is 0 Å². The summed E-state index contributed by atoms with van der Waals surface area (Å²) in [7, 11) is 1.56. The number of hydrazone groups is 1. The first-order valence-electron chi connectivity index (χ1n) is 11.3. The summed E-state index contributed by atoms with van der Waals surface area (Å²) < 4.78 is 16.9. The summed E-state index contributed by atoms with van der Waals surface area (Å²) in [5, 5.41) is 7.75. The van der Waals surface area contributed by atoms with Gasteiger partial charge in [0.05, 0.1) is 25.5 Å². The predicted octanol–water partition coefficient (Wildman–Crippen LogP) is 2.75. The molecule has 8 nitrogen and oxygen atoms in total. The molecule has 1 amide bonds. The maximum atomic E-state index is 12.5. The molecule has 2 N–H and O–H groups in total. The molecular formula is C25H32N4O4S. The average Bonchev–Trinajstić information content (AvgIpc) is 2.83. The average molecular weight is 485 g/mol. The minimum absolute atomic E-state index is 0.0151. The number of ether oxygens (including phenoxy) is 3. The number of morpholine rings is 1. The smallest absolute Gasteiger partial charge is 0.260 e. The van der Waals surface area contributed by atoms with Crippen LogP contribution < -0.4 is 20.2 Å². The summed E-state index contributed by atoms with van der Waals surface area (Å²) in [6.07, 6.45) is 2.54. The maximum Gasteiger partial charge on any atom is 0.260 e. The Morgan fingerprint density at radius 2 is 1.91 bits per heavy atom. The van der Waals surface area contributed by atoms with Gasteiger partial charge in [0, 0.05) is 19.6 Å². The van der Waals surface area contributed by atoms with Crippen LogP contribution in [0.4, 0.5) is 0 Å². The Kier molecular flexibility index (Phi) is 9.66. The fourth-order valence-electron chi connectivity index (χ4n) is 3.67. The van der Waals surface area contributed by atoms with Gasteiger partial charge in [0.15, 0.2) is 23.2 Å². The van der Waals surface area contributed by atoms with Crippen molar-refractivity contribution in [3.05, 3.63) is 59.7 Å². The van der Waals surface area contributed by atoms with E-state index in [1.54, 1.807) is 30.4 Å². The largest absolute Gasteiger partial charge is 0.493 e. The van der Waals surface area contributed by atoms with E-state index < -0.39 is 0 Å². The van der Waals surface area contributed by atoms with Crippen LogP contribution in [-0.4, -0.2) is 67.7 Å². The van der Waals surface area contributed by atoms with Crippen molar-refractivity contribution in [2.24, 2.45) is 5.10 Å². The van der Waals surface area contributed by atoms with Gasteiger partial charge in [0.1, 0.15) is 0 Å². The van der Waals surface area contributed by atoms with Gasteiger partial charge in [-0.3, -0.25) is 10.2 Å². The van der Waals surface area contributed by atoms with E-state index in [0.717, 1.165) is 12.0 Å². The minimum Gasteiger partial charge on any atom is -0.493 e. The van der Waals surface area contributed by atoms with Crippen molar-refractivity contribution >= 4 is 29.5 Å². The van der Waals surface area contributed by atoms with Gasteiger partial charge in [-0.05, 0) is 61.8 Å². The van der Waals surface area contributed by atoms with E-state index in [4.69, 9.17) is 26.4 Å². The van der Waals surface area contributed by atoms with Crippen LogP contribution in [0.1, 0.15) is 25.0 Å². The summed E-state index contributed by atoms with van der Waals surface area (Å²) in [4.78, 5) is 14.3. The van der Waals surface area contributed by atoms with Gasteiger partial charge in [0.2, 0.25) is 0 Å². The number of nitrogens with one attached hydrogen (secondary N) is 2. The molecule has 2 aromatic rings. The molecule has 0 aromatic heterocycles. The maximum absolute atomic E-state index is 12.5. The van der Waals surface area contributed by atoms with E-state index >= 15 is 0 Å². The minimum atomic E-state index is -0.0767. The summed E-state index contributed by atoms with van der Waals surface area (Å²) in [6.45, 7) is 5.70. The fourth-order valence-corrected chi connectivity index (χ4v) is 3.82. The van der Waals surface area contributed by atoms with E-state index in [9.17, 15) is 4.79 Å². The quantitative estimate of drug-likeness (QED) is 0.322. The molecule has 0 spiro atoms. The number of hydrogen-bond acceptors (Lipinski definition) is 6. The number of carbonyl (C=O) groups excluding carboxylic acids is 1. The van der Waals surface area contributed by atoms with E-state index in [1.807, 2.05) is 38.1 Å². The monoisotopic (exact) mass is 484 g/mol. The van der Waals surface area contributed by atoms with Crippen LogP contribution in [0.5, 0.6) is 11.5 Å². The van der Waals surface area contributed by atoms with Crippen molar-refractivity contribution in [2.75, 3.05) is 33.4 Å². The van der Waals surface area contributed by atoms with Gasteiger partial charge >= 0.3 is 0 Å². The normalized spacial score (nSPS) is 17.9. The van der Waals surface area contributed by atoms with Crippen LogP contribution in [-0.2, 0) is 16.0 Å². The number of carbonyl (C=O) groups is 1. The van der Waals surface area contributed by atoms with Crippen molar-refractivity contribution in [3.8, 4) is 11.5 Å². The molecule has 0 saturated carbocycles. The highest BCUT2D eigenvalue weighted by Crippen LogP contribution is 2.27. The SMILES string of the molecule is COc1cc(/C=N/NC(=S)NCCc2ccccc2)ccc1OCC(=O)N1CC(C)OC(C)C1. The first kappa shape index (κ1) is 25.5. The molecule has 1 aliphatic rings. The molecule has 1 heterocycles. The molecule has 1 saturated heterocycles. The molecular weight excluding hydrogens is 452 g/mol. The van der Waals surface area contributed by atoms with Gasteiger partial charge in [-0.15, -0.1) is 0 Å². The summed E-state index contributed by atoms with van der Waals surface area (Å²) >= 11 is 5.26. The second kappa shape index (κ2) is 12.9. The van der Waals surface area contributed by atoms with Crippen LogP contribution in [0.3, 0.4) is 0 Å². The third kappa shape index (κ3) is 8.00. The van der Waals surface area contributed by atoms with Crippen LogP contribution in [0, 0.1) is 0 Å². The highest BCUT2D eigenvalue weighted by Gasteiger charge is 2.26. The van der Waals surface area contributed by atoms with Crippen molar-refractivity contribution in [2.45, 2.75) is 32.5 Å². The third-order valence-electron chi connectivity index (χ3n) is 5.23. The molecule has 34 heavy (non-hydrogen) atoms. The molecule has 2 atom stereocenters. The lowest BCUT2D eigenvalue weighted by atomic mass is 10.1. The van der Waals surface area contributed by atoms with Crippen LogP contribution in [0.2, 0.25) is 0 Å². The Morgan fingerprint density at radius 3 is 2.62 bits per heavy atom. The van der Waals surface area contributed by atoms with E-state index in [2.05, 4.69) is 28.0 Å². The Bertz CT molecular complexity index is 976. The lowest BCUT2D eigenvalue weighted by molar-refractivity contribution is -0.145. The van der Waals surface area contributed by atoms with Crippen LogP contribution >= 0.6 is 12.2 Å². The summed E-state index contributed by atoms with van der Waals surface area (Å²) in [5.41, 5.74) is 4.85. The highest BCUT2D eigenvalue weighted by molar-refractivity contribution is 7.80. The molecule has 0 bridgehead atoms. The van der Waals surface area contributed by atoms with Crippen LogP contribution in [0.25, 0.3) is 0 Å².